The van der Waals surface area contributed by atoms with Crippen LogP contribution in [-0.2, 0) is 0 Å². The fourth-order valence-electron chi connectivity index (χ4n) is 2.71. The van der Waals surface area contributed by atoms with Crippen LogP contribution in [0.4, 0.5) is 16.2 Å². The third-order valence-electron chi connectivity index (χ3n) is 4.22. The van der Waals surface area contributed by atoms with Gasteiger partial charge < -0.3 is 21.3 Å². The summed E-state index contributed by atoms with van der Waals surface area (Å²) in [5.74, 6) is -0.467. The molecule has 3 aromatic carbocycles. The molecule has 0 aliphatic rings. The first-order valence-corrected chi connectivity index (χ1v) is 9.94. The number of urea groups is 1. The van der Waals surface area contributed by atoms with Crippen molar-refractivity contribution in [2.75, 3.05) is 23.7 Å². The number of benzene rings is 3. The summed E-state index contributed by atoms with van der Waals surface area (Å²) in [5, 5.41) is 11.4. The number of rotatable bonds is 7. The van der Waals surface area contributed by atoms with Crippen molar-refractivity contribution in [3.63, 3.8) is 0 Å². The molecule has 158 valence electrons. The lowest BCUT2D eigenvalue weighted by Crippen LogP contribution is -2.34. The van der Waals surface area contributed by atoms with Gasteiger partial charge in [0.1, 0.15) is 0 Å². The molecular formula is C23H21ClN4O3. The quantitative estimate of drug-likeness (QED) is 0.419. The number of nitrogens with one attached hydrogen (secondary N) is 4. The van der Waals surface area contributed by atoms with Gasteiger partial charge in [-0.2, -0.15) is 0 Å². The van der Waals surface area contributed by atoms with Crippen LogP contribution in [0.15, 0.2) is 78.9 Å². The highest BCUT2D eigenvalue weighted by atomic mass is 35.5. The average molecular weight is 437 g/mol. The highest BCUT2D eigenvalue weighted by molar-refractivity contribution is 6.30. The number of carbonyl (C=O) groups excluding carboxylic acids is 3. The zero-order valence-electron chi connectivity index (χ0n) is 16.5. The second-order valence-electron chi connectivity index (χ2n) is 6.54. The lowest BCUT2D eigenvalue weighted by molar-refractivity contribution is 0.0927. The number of hydrogen-bond acceptors (Lipinski definition) is 3. The third-order valence-corrected chi connectivity index (χ3v) is 4.45. The van der Waals surface area contributed by atoms with E-state index in [-0.39, 0.29) is 11.8 Å². The molecule has 3 aromatic rings. The molecule has 4 N–H and O–H groups in total. The summed E-state index contributed by atoms with van der Waals surface area (Å²) in [6, 6.07) is 21.7. The van der Waals surface area contributed by atoms with Crippen molar-refractivity contribution in [2.24, 2.45) is 0 Å². The fourth-order valence-corrected chi connectivity index (χ4v) is 2.90. The Bertz CT molecular complexity index is 1060. The normalized spacial score (nSPS) is 10.1. The summed E-state index contributed by atoms with van der Waals surface area (Å²) in [4.78, 5) is 36.2. The van der Waals surface area contributed by atoms with Crippen LogP contribution in [0.25, 0.3) is 0 Å². The number of carbonyl (C=O) groups is 3. The second kappa shape index (κ2) is 10.8. The maximum atomic E-state index is 12.2. The predicted octanol–water partition coefficient (Wildman–Crippen LogP) is 4.14. The SMILES string of the molecule is O=C(Nc1ccc(C(=O)NCCNC(=O)c2ccccc2)cc1)Nc1cccc(Cl)c1. The van der Waals surface area contributed by atoms with Crippen LogP contribution in [-0.4, -0.2) is 30.9 Å². The van der Waals surface area contributed by atoms with Crippen molar-refractivity contribution < 1.29 is 14.4 Å². The van der Waals surface area contributed by atoms with Gasteiger partial charge in [0.15, 0.2) is 0 Å². The van der Waals surface area contributed by atoms with Crippen LogP contribution in [0, 0.1) is 0 Å². The van der Waals surface area contributed by atoms with Crippen LogP contribution in [0.3, 0.4) is 0 Å². The second-order valence-corrected chi connectivity index (χ2v) is 6.98. The third kappa shape index (κ3) is 6.87. The summed E-state index contributed by atoms with van der Waals surface area (Å²) in [6.07, 6.45) is 0. The molecule has 3 rings (SSSR count). The molecule has 7 nitrogen and oxygen atoms in total. The Balaban J connectivity index is 1.42. The minimum absolute atomic E-state index is 0.193. The summed E-state index contributed by atoms with van der Waals surface area (Å²) in [7, 11) is 0. The van der Waals surface area contributed by atoms with E-state index in [4.69, 9.17) is 11.6 Å². The van der Waals surface area contributed by atoms with Gasteiger partial charge in [0, 0.05) is 40.6 Å². The van der Waals surface area contributed by atoms with Crippen molar-refractivity contribution in [3.8, 4) is 0 Å². The lowest BCUT2D eigenvalue weighted by Gasteiger charge is -2.09. The van der Waals surface area contributed by atoms with Crippen molar-refractivity contribution in [2.45, 2.75) is 0 Å². The topological polar surface area (TPSA) is 99.3 Å². The van der Waals surface area contributed by atoms with Crippen molar-refractivity contribution in [3.05, 3.63) is 95.0 Å². The summed E-state index contributed by atoms with van der Waals surface area (Å²) < 4.78 is 0. The maximum Gasteiger partial charge on any atom is 0.323 e. The number of hydrogen-bond donors (Lipinski definition) is 4. The van der Waals surface area contributed by atoms with Crippen molar-refractivity contribution >= 4 is 40.8 Å². The van der Waals surface area contributed by atoms with E-state index in [1.807, 2.05) is 6.07 Å². The largest absolute Gasteiger partial charge is 0.350 e. The Hall–Kier alpha value is -3.84. The Kier molecular flexibility index (Phi) is 7.61. The van der Waals surface area contributed by atoms with E-state index in [0.717, 1.165) is 0 Å². The first kappa shape index (κ1) is 21.9. The van der Waals surface area contributed by atoms with E-state index in [2.05, 4.69) is 21.3 Å². The smallest absolute Gasteiger partial charge is 0.323 e. The Labute approximate surface area is 184 Å². The molecule has 0 aliphatic carbocycles. The zero-order chi connectivity index (χ0) is 22.1. The Morgan fingerprint density at radius 1 is 0.645 bits per heavy atom. The molecule has 0 aliphatic heterocycles. The van der Waals surface area contributed by atoms with Crippen LogP contribution in [0.5, 0.6) is 0 Å². The molecule has 31 heavy (non-hydrogen) atoms. The summed E-state index contributed by atoms with van der Waals surface area (Å²) in [5.41, 5.74) is 2.11. The van der Waals surface area contributed by atoms with Gasteiger partial charge in [-0.3, -0.25) is 9.59 Å². The average Bonchev–Trinajstić information content (AvgIpc) is 2.77. The van der Waals surface area contributed by atoms with Gasteiger partial charge in [-0.1, -0.05) is 35.9 Å². The molecule has 0 radical (unpaired) electrons. The Morgan fingerprint density at radius 2 is 1.23 bits per heavy atom. The molecular weight excluding hydrogens is 416 g/mol. The van der Waals surface area contributed by atoms with E-state index in [1.54, 1.807) is 72.8 Å². The molecule has 0 saturated carbocycles. The number of amides is 4. The van der Waals surface area contributed by atoms with Crippen LogP contribution in [0.1, 0.15) is 20.7 Å². The predicted molar refractivity (Wildman–Crippen MR) is 122 cm³/mol. The molecule has 0 unspecified atom stereocenters. The highest BCUT2D eigenvalue weighted by Gasteiger charge is 2.08. The van der Waals surface area contributed by atoms with Crippen LogP contribution < -0.4 is 21.3 Å². The summed E-state index contributed by atoms with van der Waals surface area (Å²) in [6.45, 7) is 0.599. The number of anilines is 2. The van der Waals surface area contributed by atoms with E-state index in [1.165, 1.54) is 0 Å². The minimum atomic E-state index is -0.423. The van der Waals surface area contributed by atoms with Crippen LogP contribution in [0.2, 0.25) is 5.02 Å². The lowest BCUT2D eigenvalue weighted by atomic mass is 10.2. The van der Waals surface area contributed by atoms with Gasteiger partial charge in [-0.15, -0.1) is 0 Å². The monoisotopic (exact) mass is 436 g/mol. The minimum Gasteiger partial charge on any atom is -0.350 e. The molecule has 0 atom stereocenters. The van der Waals surface area contributed by atoms with Gasteiger partial charge in [0.05, 0.1) is 0 Å². The van der Waals surface area contributed by atoms with Crippen LogP contribution >= 0.6 is 11.6 Å². The van der Waals surface area contributed by atoms with E-state index < -0.39 is 6.03 Å². The molecule has 0 fully saturated rings. The molecule has 8 heteroatoms. The Morgan fingerprint density at radius 3 is 1.84 bits per heavy atom. The molecule has 0 saturated heterocycles. The van der Waals surface area contributed by atoms with Gasteiger partial charge in [-0.25, -0.2) is 4.79 Å². The molecule has 0 spiro atoms. The first-order valence-electron chi connectivity index (χ1n) is 9.56. The van der Waals surface area contributed by atoms with Gasteiger partial charge in [-0.05, 0) is 54.6 Å². The molecule has 0 bridgehead atoms. The summed E-state index contributed by atoms with van der Waals surface area (Å²) >= 11 is 5.89. The molecule has 4 amide bonds. The van der Waals surface area contributed by atoms with Gasteiger partial charge >= 0.3 is 6.03 Å². The van der Waals surface area contributed by atoms with Gasteiger partial charge in [0.25, 0.3) is 11.8 Å². The maximum absolute atomic E-state index is 12.2. The molecule has 0 aromatic heterocycles. The van der Waals surface area contributed by atoms with Crippen molar-refractivity contribution in [1.29, 1.82) is 0 Å². The molecule has 0 heterocycles. The first-order chi connectivity index (χ1) is 15.0. The fraction of sp³-hybridized carbons (Fsp3) is 0.0870. The van der Waals surface area contributed by atoms with Gasteiger partial charge in [0.2, 0.25) is 0 Å². The zero-order valence-corrected chi connectivity index (χ0v) is 17.3. The van der Waals surface area contributed by atoms with E-state index in [0.29, 0.717) is 40.6 Å². The van der Waals surface area contributed by atoms with E-state index in [9.17, 15) is 14.4 Å². The standard InChI is InChI=1S/C23H21ClN4O3/c24-18-7-4-8-20(15-18)28-23(31)27-19-11-9-17(10-12-19)22(30)26-14-13-25-21(29)16-5-2-1-3-6-16/h1-12,15H,13-14H2,(H,25,29)(H,26,30)(H2,27,28,31). The van der Waals surface area contributed by atoms with E-state index >= 15 is 0 Å². The number of halogens is 1. The highest BCUT2D eigenvalue weighted by Crippen LogP contribution is 2.16. The van der Waals surface area contributed by atoms with Crippen molar-refractivity contribution in [1.82, 2.24) is 10.6 Å².